The quantitative estimate of drug-likeness (QED) is 0.200. The molecule has 0 aromatic heterocycles. The zero-order valence-electron chi connectivity index (χ0n) is 10.7. The van der Waals surface area contributed by atoms with Crippen LogP contribution in [0.2, 0.25) is 0 Å². The molecule has 3 heteroatoms. The topological polar surface area (TPSA) is 48.8 Å². The first kappa shape index (κ1) is 12.1. The van der Waals surface area contributed by atoms with Gasteiger partial charge in [0.2, 0.25) is 0 Å². The number of benzene rings is 3. The van der Waals surface area contributed by atoms with Crippen LogP contribution < -0.4 is 0 Å². The molecule has 0 saturated heterocycles. The van der Waals surface area contributed by atoms with Gasteiger partial charge in [0.05, 0.1) is 6.54 Å². The van der Waals surface area contributed by atoms with E-state index < -0.39 is 0 Å². The molecular weight excluding hydrogens is 246 g/mol. The molecule has 0 bridgehead atoms. The van der Waals surface area contributed by atoms with Gasteiger partial charge in [-0.15, -0.1) is 0 Å². The summed E-state index contributed by atoms with van der Waals surface area (Å²) >= 11 is 0. The van der Waals surface area contributed by atoms with E-state index in [1.807, 2.05) is 24.3 Å². The van der Waals surface area contributed by atoms with Crippen LogP contribution in [0, 0.1) is 11.8 Å². The highest BCUT2D eigenvalue weighted by atomic mass is 15.1. The SMILES string of the molecule is [N-]=[N+]=NCC#Cc1c2ccccc2cc2ccccc12. The minimum absolute atomic E-state index is 0.189. The van der Waals surface area contributed by atoms with Crippen LogP contribution in [-0.4, -0.2) is 6.54 Å². The molecule has 0 aliphatic heterocycles. The lowest BCUT2D eigenvalue weighted by atomic mass is 9.97. The maximum Gasteiger partial charge on any atom is 0.0880 e. The van der Waals surface area contributed by atoms with Crippen LogP contribution in [0.25, 0.3) is 32.0 Å². The first-order valence-electron chi connectivity index (χ1n) is 6.30. The number of hydrogen-bond acceptors (Lipinski definition) is 1. The summed E-state index contributed by atoms with van der Waals surface area (Å²) in [6, 6.07) is 18.5. The third-order valence-electron chi connectivity index (χ3n) is 3.20. The maximum absolute atomic E-state index is 8.30. The van der Waals surface area contributed by atoms with Crippen molar-refractivity contribution in [3.8, 4) is 11.8 Å². The van der Waals surface area contributed by atoms with Crippen molar-refractivity contribution in [1.82, 2.24) is 0 Å². The summed E-state index contributed by atoms with van der Waals surface area (Å²) in [5.74, 6) is 6.07. The first-order valence-corrected chi connectivity index (χ1v) is 6.30. The number of rotatable bonds is 1. The van der Waals surface area contributed by atoms with Crippen molar-refractivity contribution in [2.24, 2.45) is 5.11 Å². The number of fused-ring (bicyclic) bond motifs is 2. The van der Waals surface area contributed by atoms with Crippen molar-refractivity contribution in [2.75, 3.05) is 6.54 Å². The molecular formula is C17H11N3. The molecule has 20 heavy (non-hydrogen) atoms. The van der Waals surface area contributed by atoms with Crippen molar-refractivity contribution in [3.63, 3.8) is 0 Å². The largest absolute Gasteiger partial charge is 0.0919 e. The molecule has 3 nitrogen and oxygen atoms in total. The van der Waals surface area contributed by atoms with Crippen molar-refractivity contribution in [2.45, 2.75) is 0 Å². The molecule has 0 aliphatic rings. The molecule has 0 unspecified atom stereocenters. The second kappa shape index (κ2) is 5.36. The Morgan fingerprint density at radius 2 is 1.55 bits per heavy atom. The lowest BCUT2D eigenvalue weighted by Gasteiger charge is -2.06. The molecule has 0 saturated carbocycles. The summed E-state index contributed by atoms with van der Waals surface area (Å²) in [4.78, 5) is 2.71. The van der Waals surface area contributed by atoms with Crippen molar-refractivity contribution < 1.29 is 0 Å². The van der Waals surface area contributed by atoms with E-state index >= 15 is 0 Å². The van der Waals surface area contributed by atoms with Gasteiger partial charge in [0.1, 0.15) is 0 Å². The average molecular weight is 257 g/mol. The summed E-state index contributed by atoms with van der Waals surface area (Å²) in [5, 5.41) is 8.04. The van der Waals surface area contributed by atoms with Gasteiger partial charge in [0.15, 0.2) is 0 Å². The summed E-state index contributed by atoms with van der Waals surface area (Å²) in [6.07, 6.45) is 0. The monoisotopic (exact) mass is 257 g/mol. The summed E-state index contributed by atoms with van der Waals surface area (Å²) in [6.45, 7) is 0.189. The van der Waals surface area contributed by atoms with Crippen LogP contribution in [0.4, 0.5) is 0 Å². The van der Waals surface area contributed by atoms with Crippen molar-refractivity contribution >= 4 is 21.5 Å². The van der Waals surface area contributed by atoms with Gasteiger partial charge in [-0.3, -0.25) is 0 Å². The summed E-state index contributed by atoms with van der Waals surface area (Å²) in [5.41, 5.74) is 9.29. The minimum atomic E-state index is 0.189. The fourth-order valence-electron chi connectivity index (χ4n) is 2.34. The van der Waals surface area contributed by atoms with E-state index in [2.05, 4.69) is 52.2 Å². The van der Waals surface area contributed by atoms with Crippen LogP contribution in [0.1, 0.15) is 5.56 Å². The smallest absolute Gasteiger partial charge is 0.0880 e. The van der Waals surface area contributed by atoms with Gasteiger partial charge in [0, 0.05) is 10.5 Å². The highest BCUT2D eigenvalue weighted by molar-refractivity contribution is 6.04. The van der Waals surface area contributed by atoms with Crippen LogP contribution in [-0.2, 0) is 0 Å². The van der Waals surface area contributed by atoms with Gasteiger partial charge in [-0.05, 0) is 33.1 Å². The van der Waals surface area contributed by atoms with Crippen LogP contribution in [0.15, 0.2) is 59.7 Å². The fourth-order valence-corrected chi connectivity index (χ4v) is 2.34. The predicted molar refractivity (Wildman–Crippen MR) is 82.3 cm³/mol. The van der Waals surface area contributed by atoms with Crippen LogP contribution in [0.5, 0.6) is 0 Å². The predicted octanol–water partition coefficient (Wildman–Crippen LogP) is 4.65. The van der Waals surface area contributed by atoms with Gasteiger partial charge < -0.3 is 0 Å². The standard InChI is InChI=1S/C17H11N3/c18-20-19-11-5-10-17-15-8-3-1-6-13(15)12-14-7-2-4-9-16(14)17/h1-4,6-9,12H,11H2. The number of hydrogen-bond donors (Lipinski definition) is 0. The average Bonchev–Trinajstić information content (AvgIpc) is 2.50. The van der Waals surface area contributed by atoms with Crippen LogP contribution >= 0.6 is 0 Å². The highest BCUT2D eigenvalue weighted by Gasteiger charge is 2.04. The molecule has 0 radical (unpaired) electrons. The molecule has 0 spiro atoms. The number of nitrogens with zero attached hydrogens (tertiary/aromatic N) is 3. The Labute approximate surface area is 116 Å². The zero-order valence-corrected chi connectivity index (χ0v) is 10.7. The maximum atomic E-state index is 8.30. The number of azide groups is 1. The molecule has 0 aliphatic carbocycles. The third kappa shape index (κ3) is 2.16. The van der Waals surface area contributed by atoms with E-state index in [1.54, 1.807) is 0 Å². The van der Waals surface area contributed by atoms with Crippen molar-refractivity contribution in [3.05, 3.63) is 70.6 Å². The van der Waals surface area contributed by atoms with E-state index in [1.165, 1.54) is 10.8 Å². The van der Waals surface area contributed by atoms with E-state index in [-0.39, 0.29) is 6.54 Å². The molecule has 3 rings (SSSR count). The van der Waals surface area contributed by atoms with Crippen molar-refractivity contribution in [1.29, 1.82) is 0 Å². The molecule has 94 valence electrons. The normalized spacial score (nSPS) is 9.80. The Bertz CT molecular complexity index is 840. The Kier molecular flexibility index (Phi) is 3.24. The van der Waals surface area contributed by atoms with E-state index in [0.29, 0.717) is 0 Å². The first-order chi connectivity index (χ1) is 9.90. The molecule has 3 aromatic carbocycles. The lowest BCUT2D eigenvalue weighted by molar-refractivity contribution is 1.25. The van der Waals surface area contributed by atoms with E-state index in [4.69, 9.17) is 5.53 Å². The van der Waals surface area contributed by atoms with Gasteiger partial charge in [-0.1, -0.05) is 65.5 Å². The molecule has 0 fully saturated rings. The highest BCUT2D eigenvalue weighted by Crippen LogP contribution is 2.27. The third-order valence-corrected chi connectivity index (χ3v) is 3.20. The minimum Gasteiger partial charge on any atom is -0.0919 e. The Morgan fingerprint density at radius 3 is 2.15 bits per heavy atom. The molecule has 3 aromatic rings. The van der Waals surface area contributed by atoms with Crippen LogP contribution in [0.3, 0.4) is 0 Å². The second-order valence-electron chi connectivity index (χ2n) is 4.38. The molecule has 0 N–H and O–H groups in total. The van der Waals surface area contributed by atoms with Gasteiger partial charge >= 0.3 is 0 Å². The molecule has 0 heterocycles. The van der Waals surface area contributed by atoms with E-state index in [0.717, 1.165) is 16.3 Å². The van der Waals surface area contributed by atoms with E-state index in [9.17, 15) is 0 Å². The Balaban J connectivity index is 2.32. The van der Waals surface area contributed by atoms with Gasteiger partial charge in [-0.2, -0.15) is 0 Å². The molecule has 0 amide bonds. The zero-order chi connectivity index (χ0) is 13.8. The summed E-state index contributed by atoms with van der Waals surface area (Å²) < 4.78 is 0. The Hall–Kier alpha value is -2.95. The lowest BCUT2D eigenvalue weighted by Crippen LogP contribution is -1.84. The van der Waals surface area contributed by atoms with Gasteiger partial charge in [0.25, 0.3) is 0 Å². The van der Waals surface area contributed by atoms with Gasteiger partial charge in [-0.25, -0.2) is 0 Å². The fraction of sp³-hybridized carbons (Fsp3) is 0.0588. The second-order valence-corrected chi connectivity index (χ2v) is 4.38. The Morgan fingerprint density at radius 1 is 0.950 bits per heavy atom. The molecule has 0 atom stereocenters. The summed E-state index contributed by atoms with van der Waals surface area (Å²) in [7, 11) is 0.